The summed E-state index contributed by atoms with van der Waals surface area (Å²) >= 11 is 0. The minimum Gasteiger partial charge on any atom is -0.463 e. The monoisotopic (exact) mass is 504 g/mol. The molecule has 7 nitrogen and oxygen atoms in total. The van der Waals surface area contributed by atoms with E-state index in [2.05, 4.69) is 27.7 Å². The summed E-state index contributed by atoms with van der Waals surface area (Å²) in [5, 5.41) is 31.7. The van der Waals surface area contributed by atoms with E-state index in [0.29, 0.717) is 23.8 Å². The maximum Gasteiger partial charge on any atom is 0.333 e. The first kappa shape index (κ1) is 27.3. The first-order valence-corrected chi connectivity index (χ1v) is 13.6. The Kier molecular flexibility index (Phi) is 7.26. The molecule has 0 spiro atoms. The lowest BCUT2D eigenvalue weighted by Crippen LogP contribution is -2.63. The second-order valence-electron chi connectivity index (χ2n) is 13.1. The predicted octanol–water partition coefficient (Wildman–Crippen LogP) is 4.05. The maximum absolute atomic E-state index is 12.3. The molecule has 4 aliphatic rings. The summed E-state index contributed by atoms with van der Waals surface area (Å²) < 4.78 is 10.3. The molecule has 7 heteroatoms. The van der Waals surface area contributed by atoms with E-state index >= 15 is 0 Å². The molecule has 202 valence electrons. The van der Waals surface area contributed by atoms with Crippen LogP contribution in [0.2, 0.25) is 0 Å². The highest BCUT2D eigenvalue weighted by Gasteiger charge is 2.64. The molecule has 0 aromatic carbocycles. The van der Waals surface area contributed by atoms with Crippen molar-refractivity contribution < 1.29 is 34.4 Å². The van der Waals surface area contributed by atoms with Crippen LogP contribution in [0.4, 0.5) is 0 Å². The molecule has 4 rings (SSSR count). The number of rotatable bonds is 6. The number of esters is 2. The van der Waals surface area contributed by atoms with Crippen LogP contribution in [-0.4, -0.2) is 51.9 Å². The molecule has 3 saturated carbocycles. The molecule has 0 aromatic rings. The number of aliphatic hydroxyl groups excluding tert-OH is 2. The van der Waals surface area contributed by atoms with Crippen LogP contribution in [0.1, 0.15) is 86.0 Å². The molecule has 8 atom stereocenters. The highest BCUT2D eigenvalue weighted by Crippen LogP contribution is 2.69. The molecule has 3 fully saturated rings. The van der Waals surface area contributed by atoms with Gasteiger partial charge < -0.3 is 24.8 Å². The number of hydrogen-bond acceptors (Lipinski definition) is 7. The van der Waals surface area contributed by atoms with Crippen LogP contribution in [0.5, 0.6) is 0 Å². The number of carbonyl (C=O) groups excluding carboxylic acids is 2. The zero-order chi connectivity index (χ0) is 26.5. The average Bonchev–Trinajstić information content (AvgIpc) is 3.07. The van der Waals surface area contributed by atoms with Gasteiger partial charge in [0.15, 0.2) is 0 Å². The second-order valence-corrected chi connectivity index (χ2v) is 13.1. The van der Waals surface area contributed by atoms with Crippen LogP contribution in [-0.2, 0) is 19.1 Å². The van der Waals surface area contributed by atoms with Crippen molar-refractivity contribution in [3.8, 4) is 0 Å². The minimum atomic E-state index is -1.31. The van der Waals surface area contributed by atoms with Crippen molar-refractivity contribution in [1.29, 1.82) is 0 Å². The van der Waals surface area contributed by atoms with Gasteiger partial charge in [-0.15, -0.1) is 0 Å². The van der Waals surface area contributed by atoms with Gasteiger partial charge in [-0.2, -0.15) is 0 Å². The smallest absolute Gasteiger partial charge is 0.333 e. The van der Waals surface area contributed by atoms with Crippen LogP contribution < -0.4 is 0 Å². The minimum absolute atomic E-state index is 0.121. The molecule has 0 unspecified atom stereocenters. The van der Waals surface area contributed by atoms with Gasteiger partial charge in [0, 0.05) is 17.6 Å². The zero-order valence-corrected chi connectivity index (χ0v) is 22.5. The normalized spacial score (nSPS) is 42.8. The van der Waals surface area contributed by atoms with Crippen molar-refractivity contribution >= 4 is 11.9 Å². The van der Waals surface area contributed by atoms with Gasteiger partial charge in [-0.3, -0.25) is 4.79 Å². The number of fused-ring (bicyclic) bond motifs is 3. The molecule has 0 bridgehead atoms. The number of ether oxygens (including phenoxy) is 2. The molecule has 0 saturated heterocycles. The summed E-state index contributed by atoms with van der Waals surface area (Å²) in [5.74, 6) is -0.482. The third kappa shape index (κ3) is 4.79. The number of carbonyl (C=O) groups is 2. The fourth-order valence-electron chi connectivity index (χ4n) is 8.71. The van der Waals surface area contributed by atoms with Crippen molar-refractivity contribution in [2.75, 3.05) is 6.61 Å². The first-order valence-electron chi connectivity index (χ1n) is 13.6. The van der Waals surface area contributed by atoms with Crippen LogP contribution >= 0.6 is 0 Å². The summed E-state index contributed by atoms with van der Waals surface area (Å²) in [6.07, 6.45) is 9.59. The fraction of sp³-hybridized carbons (Fsp3) is 0.793. The van der Waals surface area contributed by atoms with Crippen LogP contribution in [0.15, 0.2) is 23.8 Å². The van der Waals surface area contributed by atoms with Crippen molar-refractivity contribution in [2.45, 2.75) is 104 Å². The van der Waals surface area contributed by atoms with Gasteiger partial charge in [0.05, 0.1) is 12.5 Å². The van der Waals surface area contributed by atoms with E-state index in [4.69, 9.17) is 9.47 Å². The van der Waals surface area contributed by atoms with Gasteiger partial charge in [-0.25, -0.2) is 4.79 Å². The molecular weight excluding hydrogens is 460 g/mol. The molecule has 1 heterocycles. The highest BCUT2D eigenvalue weighted by atomic mass is 16.6. The van der Waals surface area contributed by atoms with E-state index in [9.17, 15) is 24.9 Å². The summed E-state index contributed by atoms with van der Waals surface area (Å²) in [6, 6.07) is 0. The third-order valence-corrected chi connectivity index (χ3v) is 10.2. The molecule has 3 aliphatic carbocycles. The quantitative estimate of drug-likeness (QED) is 0.468. The van der Waals surface area contributed by atoms with Gasteiger partial charge in [-0.05, 0) is 73.5 Å². The molecule has 0 amide bonds. The van der Waals surface area contributed by atoms with Crippen molar-refractivity contribution in [3.63, 3.8) is 0 Å². The molecule has 3 N–H and O–H groups in total. The van der Waals surface area contributed by atoms with Crippen LogP contribution in [0.25, 0.3) is 0 Å². The van der Waals surface area contributed by atoms with Gasteiger partial charge in [-0.1, -0.05) is 46.3 Å². The molecule has 0 aromatic heterocycles. The lowest BCUT2D eigenvalue weighted by atomic mass is 9.38. The maximum atomic E-state index is 12.3. The van der Waals surface area contributed by atoms with Gasteiger partial charge in [0.25, 0.3) is 0 Å². The largest absolute Gasteiger partial charge is 0.463 e. The first-order chi connectivity index (χ1) is 16.7. The Morgan fingerprint density at radius 3 is 2.47 bits per heavy atom. The summed E-state index contributed by atoms with van der Waals surface area (Å²) in [7, 11) is 0. The topological polar surface area (TPSA) is 113 Å². The van der Waals surface area contributed by atoms with E-state index in [1.165, 1.54) is 32.3 Å². The van der Waals surface area contributed by atoms with E-state index in [1.54, 1.807) is 6.08 Å². The number of cyclic esters (lactones) is 1. The number of aliphatic hydroxyl groups is 3. The van der Waals surface area contributed by atoms with Gasteiger partial charge in [0.1, 0.15) is 12.2 Å². The van der Waals surface area contributed by atoms with Crippen molar-refractivity contribution in [1.82, 2.24) is 0 Å². The van der Waals surface area contributed by atoms with E-state index in [-0.39, 0.29) is 35.2 Å². The standard InChI is InChI=1S/C29H44O7/c1-18(30)15-23(31)35-17-29(34)14-10-21-27(4)12-6-11-26(2,3)20(27)9-13-28(21,5)22(29)8-7-19-16-24(32)36-25(19)33/h7-8,16,18,20-22,25,30,33-34H,6,9-15,17H2,1-5H3/b8-7+/t18-,20-,21-,22-,25+,27-,28+,29+/m0/s1. The van der Waals surface area contributed by atoms with Gasteiger partial charge >= 0.3 is 11.9 Å². The summed E-state index contributed by atoms with van der Waals surface area (Å²) in [5.41, 5.74) is -0.763. The summed E-state index contributed by atoms with van der Waals surface area (Å²) in [4.78, 5) is 23.9. The Bertz CT molecular complexity index is 936. The Balaban J connectivity index is 1.68. The van der Waals surface area contributed by atoms with E-state index in [0.717, 1.165) is 19.3 Å². The van der Waals surface area contributed by atoms with Crippen molar-refractivity contribution in [2.24, 2.45) is 34.0 Å². The predicted molar refractivity (Wildman–Crippen MR) is 134 cm³/mol. The number of hydrogen-bond donors (Lipinski definition) is 3. The summed E-state index contributed by atoms with van der Waals surface area (Å²) in [6.45, 7) is 10.9. The highest BCUT2D eigenvalue weighted by molar-refractivity contribution is 5.86. The Labute approximate surface area is 214 Å². The Morgan fingerprint density at radius 2 is 1.83 bits per heavy atom. The third-order valence-electron chi connectivity index (χ3n) is 10.2. The fourth-order valence-corrected chi connectivity index (χ4v) is 8.71. The SMILES string of the molecule is C[C@H](O)CC(=O)OC[C@]1(O)CC[C@@H]2[C@@](C)(CC[C@H]3C(C)(C)CCC[C@]23C)[C@@H]1/C=C/C1=CC(=O)O[C@H]1O. The van der Waals surface area contributed by atoms with Crippen LogP contribution in [0.3, 0.4) is 0 Å². The van der Waals surface area contributed by atoms with E-state index < -0.39 is 29.9 Å². The average molecular weight is 505 g/mol. The molecule has 0 radical (unpaired) electrons. The lowest BCUT2D eigenvalue weighted by Gasteiger charge is -2.67. The Hall–Kier alpha value is -1.70. The lowest BCUT2D eigenvalue weighted by molar-refractivity contribution is -0.215. The van der Waals surface area contributed by atoms with Crippen molar-refractivity contribution in [3.05, 3.63) is 23.8 Å². The molecule has 36 heavy (non-hydrogen) atoms. The zero-order valence-electron chi connectivity index (χ0n) is 22.5. The van der Waals surface area contributed by atoms with Crippen LogP contribution in [0, 0.1) is 34.0 Å². The molecule has 1 aliphatic heterocycles. The Morgan fingerprint density at radius 1 is 1.14 bits per heavy atom. The van der Waals surface area contributed by atoms with E-state index in [1.807, 2.05) is 6.08 Å². The molecular formula is C29H44O7. The van der Waals surface area contributed by atoms with Gasteiger partial charge in [0.2, 0.25) is 6.29 Å². The second kappa shape index (κ2) is 9.55.